The normalized spacial score (nSPS) is 16.8. The summed E-state index contributed by atoms with van der Waals surface area (Å²) in [4.78, 5) is 15.7. The van der Waals surface area contributed by atoms with Crippen LogP contribution in [-0.2, 0) is 10.2 Å². The van der Waals surface area contributed by atoms with Gasteiger partial charge in [0, 0.05) is 6.54 Å². The number of unbranched alkanes of at least 4 members (excludes halogenated alkanes) is 5. The number of benzene rings is 2. The summed E-state index contributed by atoms with van der Waals surface area (Å²) in [5.41, 5.74) is 7.47. The van der Waals surface area contributed by atoms with Crippen LogP contribution in [0.25, 0.3) is 0 Å². The molecule has 1 aliphatic heterocycles. The number of hydrogen-bond donors (Lipinski definition) is 2. The average molecular weight is 450 g/mol. The molecule has 33 heavy (non-hydrogen) atoms. The van der Waals surface area contributed by atoms with Crippen molar-refractivity contribution in [1.29, 1.82) is 0 Å². The fourth-order valence-electron chi connectivity index (χ4n) is 5.51. The first-order valence-electron chi connectivity index (χ1n) is 13.0. The summed E-state index contributed by atoms with van der Waals surface area (Å²) < 4.78 is 0. The van der Waals surface area contributed by atoms with E-state index < -0.39 is 5.41 Å². The SMILES string of the molecule is CCCNCCCCCCCCN1CC[C@@H](C(C(N)=O)(c2ccccc2)c2ccccc2)C1. The van der Waals surface area contributed by atoms with Crippen molar-refractivity contribution < 1.29 is 4.79 Å². The first-order chi connectivity index (χ1) is 16.2. The molecule has 0 radical (unpaired) electrons. The summed E-state index contributed by atoms with van der Waals surface area (Å²) in [5.74, 6) is -0.0457. The third kappa shape index (κ3) is 6.68. The monoisotopic (exact) mass is 449 g/mol. The summed E-state index contributed by atoms with van der Waals surface area (Å²) in [6.45, 7) is 7.61. The van der Waals surface area contributed by atoms with Crippen LogP contribution in [0.2, 0.25) is 0 Å². The summed E-state index contributed by atoms with van der Waals surface area (Å²) in [5, 5.41) is 3.48. The third-order valence-corrected chi connectivity index (χ3v) is 7.24. The predicted molar refractivity (Wildman–Crippen MR) is 138 cm³/mol. The molecule has 180 valence electrons. The van der Waals surface area contributed by atoms with Gasteiger partial charge in [-0.15, -0.1) is 0 Å². The van der Waals surface area contributed by atoms with Gasteiger partial charge < -0.3 is 16.0 Å². The Hall–Kier alpha value is -2.17. The van der Waals surface area contributed by atoms with Gasteiger partial charge in [0.05, 0.1) is 0 Å². The van der Waals surface area contributed by atoms with E-state index >= 15 is 0 Å². The van der Waals surface area contributed by atoms with Crippen LogP contribution in [0.3, 0.4) is 0 Å². The molecule has 1 fully saturated rings. The maximum absolute atomic E-state index is 13.2. The second kappa shape index (κ2) is 13.5. The van der Waals surface area contributed by atoms with E-state index in [1.165, 1.54) is 44.9 Å². The largest absolute Gasteiger partial charge is 0.369 e. The molecule has 0 saturated carbocycles. The van der Waals surface area contributed by atoms with Gasteiger partial charge >= 0.3 is 0 Å². The fourth-order valence-corrected chi connectivity index (χ4v) is 5.51. The number of primary amides is 1. The molecular weight excluding hydrogens is 406 g/mol. The summed E-state index contributed by atoms with van der Waals surface area (Å²) in [6, 6.07) is 20.3. The standard InChI is InChI=1S/C29H43N3O/c1-2-20-31-21-13-5-3-4-6-14-22-32-23-19-27(24-32)29(28(30)33,25-15-9-7-10-16-25)26-17-11-8-12-18-26/h7-12,15-18,27,31H,2-6,13-14,19-24H2,1H3,(H2,30,33)/t27-/m1/s1. The van der Waals surface area contributed by atoms with E-state index in [2.05, 4.69) is 41.4 Å². The molecule has 1 saturated heterocycles. The van der Waals surface area contributed by atoms with Gasteiger partial charge in [-0.2, -0.15) is 0 Å². The number of rotatable bonds is 15. The number of nitrogens with zero attached hydrogens (tertiary/aromatic N) is 1. The van der Waals surface area contributed by atoms with E-state index in [9.17, 15) is 4.79 Å². The van der Waals surface area contributed by atoms with Crippen LogP contribution in [0.1, 0.15) is 69.4 Å². The Labute approximate surface area is 200 Å². The molecule has 2 aromatic carbocycles. The Kier molecular flexibility index (Phi) is 10.4. The van der Waals surface area contributed by atoms with E-state index in [0.717, 1.165) is 50.3 Å². The fraction of sp³-hybridized carbons (Fsp3) is 0.552. The Morgan fingerprint density at radius 1 is 0.909 bits per heavy atom. The quantitative estimate of drug-likeness (QED) is 0.371. The second-order valence-corrected chi connectivity index (χ2v) is 9.56. The molecule has 2 aromatic rings. The van der Waals surface area contributed by atoms with Crippen molar-refractivity contribution in [3.05, 3.63) is 71.8 Å². The van der Waals surface area contributed by atoms with Gasteiger partial charge in [0.2, 0.25) is 5.91 Å². The number of hydrogen-bond acceptors (Lipinski definition) is 3. The minimum Gasteiger partial charge on any atom is -0.369 e. The summed E-state index contributed by atoms with van der Waals surface area (Å²) in [7, 11) is 0. The van der Waals surface area contributed by atoms with Crippen molar-refractivity contribution in [2.24, 2.45) is 11.7 Å². The second-order valence-electron chi connectivity index (χ2n) is 9.56. The van der Waals surface area contributed by atoms with Crippen LogP contribution in [-0.4, -0.2) is 43.5 Å². The first-order valence-corrected chi connectivity index (χ1v) is 13.0. The predicted octanol–water partition coefficient (Wildman–Crippen LogP) is 5.12. The zero-order valence-corrected chi connectivity index (χ0v) is 20.5. The molecule has 3 N–H and O–H groups in total. The molecule has 1 amide bonds. The van der Waals surface area contributed by atoms with Gasteiger partial charge in [-0.25, -0.2) is 0 Å². The average Bonchev–Trinajstić information content (AvgIpc) is 3.31. The van der Waals surface area contributed by atoms with Crippen molar-refractivity contribution in [3.63, 3.8) is 0 Å². The molecule has 0 spiro atoms. The highest BCUT2D eigenvalue weighted by Gasteiger charge is 2.49. The Balaban J connectivity index is 1.54. The number of nitrogens with two attached hydrogens (primary N) is 1. The van der Waals surface area contributed by atoms with Crippen molar-refractivity contribution in [1.82, 2.24) is 10.2 Å². The zero-order chi connectivity index (χ0) is 23.4. The van der Waals surface area contributed by atoms with Gasteiger partial charge in [-0.3, -0.25) is 4.79 Å². The molecule has 4 nitrogen and oxygen atoms in total. The lowest BCUT2D eigenvalue weighted by Gasteiger charge is -2.37. The maximum atomic E-state index is 13.2. The smallest absolute Gasteiger partial charge is 0.232 e. The van der Waals surface area contributed by atoms with Gasteiger partial charge in [0.25, 0.3) is 0 Å². The highest BCUT2D eigenvalue weighted by Crippen LogP contribution is 2.43. The molecule has 0 aliphatic carbocycles. The Bertz CT molecular complexity index is 769. The minimum atomic E-state index is -0.775. The van der Waals surface area contributed by atoms with Crippen LogP contribution in [0, 0.1) is 5.92 Å². The van der Waals surface area contributed by atoms with E-state index in [-0.39, 0.29) is 11.8 Å². The van der Waals surface area contributed by atoms with Crippen LogP contribution >= 0.6 is 0 Å². The minimum absolute atomic E-state index is 0.190. The maximum Gasteiger partial charge on any atom is 0.232 e. The van der Waals surface area contributed by atoms with Gasteiger partial charge in [0.1, 0.15) is 5.41 Å². The van der Waals surface area contributed by atoms with Crippen LogP contribution in [0.15, 0.2) is 60.7 Å². The van der Waals surface area contributed by atoms with Crippen molar-refractivity contribution in [2.75, 3.05) is 32.7 Å². The van der Waals surface area contributed by atoms with Gasteiger partial charge in [0.15, 0.2) is 0 Å². The highest BCUT2D eigenvalue weighted by atomic mass is 16.1. The number of likely N-dealkylation sites (tertiary alicyclic amines) is 1. The van der Waals surface area contributed by atoms with Gasteiger partial charge in [-0.05, 0) is 68.9 Å². The first kappa shape index (κ1) is 25.5. The summed E-state index contributed by atoms with van der Waals surface area (Å²) >= 11 is 0. The Morgan fingerprint density at radius 3 is 2.06 bits per heavy atom. The van der Waals surface area contributed by atoms with Crippen LogP contribution in [0.5, 0.6) is 0 Å². The molecule has 0 bridgehead atoms. The van der Waals surface area contributed by atoms with E-state index in [1.807, 2.05) is 36.4 Å². The van der Waals surface area contributed by atoms with Crippen molar-refractivity contribution >= 4 is 5.91 Å². The zero-order valence-electron chi connectivity index (χ0n) is 20.5. The molecule has 3 rings (SSSR count). The van der Waals surface area contributed by atoms with Gasteiger partial charge in [-0.1, -0.05) is 93.3 Å². The van der Waals surface area contributed by atoms with Crippen molar-refractivity contribution in [2.45, 2.75) is 63.7 Å². The topological polar surface area (TPSA) is 58.4 Å². The van der Waals surface area contributed by atoms with Crippen LogP contribution in [0.4, 0.5) is 0 Å². The molecule has 0 aromatic heterocycles. The number of amides is 1. The van der Waals surface area contributed by atoms with Crippen molar-refractivity contribution in [3.8, 4) is 0 Å². The number of nitrogens with one attached hydrogen (secondary N) is 1. The number of carbonyl (C=O) groups is 1. The Morgan fingerprint density at radius 2 is 1.48 bits per heavy atom. The molecule has 1 aliphatic rings. The lowest BCUT2D eigenvalue weighted by molar-refractivity contribution is -0.123. The van der Waals surface area contributed by atoms with E-state index in [0.29, 0.717) is 0 Å². The lowest BCUT2D eigenvalue weighted by Crippen LogP contribution is -2.49. The molecule has 1 heterocycles. The number of carbonyl (C=O) groups excluding carboxylic acids is 1. The highest BCUT2D eigenvalue weighted by molar-refractivity contribution is 5.91. The molecule has 0 unspecified atom stereocenters. The summed E-state index contributed by atoms with van der Waals surface area (Å²) in [6.07, 6.45) is 10.0. The molecule has 1 atom stereocenters. The van der Waals surface area contributed by atoms with E-state index in [1.54, 1.807) is 0 Å². The molecular formula is C29H43N3O. The van der Waals surface area contributed by atoms with E-state index in [4.69, 9.17) is 5.73 Å². The molecule has 4 heteroatoms. The third-order valence-electron chi connectivity index (χ3n) is 7.24. The van der Waals surface area contributed by atoms with Crippen LogP contribution < -0.4 is 11.1 Å². The lowest BCUT2D eigenvalue weighted by atomic mass is 9.64.